The van der Waals surface area contributed by atoms with Gasteiger partial charge in [0.05, 0.1) is 17.8 Å². The summed E-state index contributed by atoms with van der Waals surface area (Å²) in [5.41, 5.74) is -0.216. The molecule has 0 bridgehead atoms. The van der Waals surface area contributed by atoms with Gasteiger partial charge in [0.25, 0.3) is 0 Å². The molecule has 1 aliphatic heterocycles. The zero-order chi connectivity index (χ0) is 17.0. The number of pyridine rings is 2. The van der Waals surface area contributed by atoms with Gasteiger partial charge in [-0.05, 0) is 31.2 Å². The van der Waals surface area contributed by atoms with Gasteiger partial charge in [0, 0.05) is 25.0 Å². The zero-order valence-electron chi connectivity index (χ0n) is 12.8. The summed E-state index contributed by atoms with van der Waals surface area (Å²) in [6.07, 6.45) is -0.514. The van der Waals surface area contributed by atoms with Crippen LogP contribution in [0.1, 0.15) is 17.7 Å². The van der Waals surface area contributed by atoms with E-state index in [0.29, 0.717) is 11.4 Å². The molecule has 3 heterocycles. The highest BCUT2D eigenvalue weighted by atomic mass is 19.4. The molecule has 1 fully saturated rings. The van der Waals surface area contributed by atoms with Crippen LogP contribution >= 0.6 is 0 Å². The Kier molecular flexibility index (Phi) is 4.84. The van der Waals surface area contributed by atoms with E-state index in [4.69, 9.17) is 4.74 Å². The Morgan fingerprint density at radius 2 is 2.12 bits per heavy atom. The Hall–Kier alpha value is -2.35. The molecule has 128 valence electrons. The summed E-state index contributed by atoms with van der Waals surface area (Å²) in [6, 6.07) is 5.72. The molecule has 1 atom stereocenters. The third-order valence-corrected chi connectivity index (χ3v) is 3.66. The van der Waals surface area contributed by atoms with Crippen LogP contribution in [-0.4, -0.2) is 29.2 Å². The summed E-state index contributed by atoms with van der Waals surface area (Å²) < 4.78 is 44.7. The maximum atomic E-state index is 12.9. The predicted molar refractivity (Wildman–Crippen MR) is 82.7 cm³/mol. The summed E-state index contributed by atoms with van der Waals surface area (Å²) in [5, 5.41) is 5.90. The van der Waals surface area contributed by atoms with Crippen LogP contribution in [-0.2, 0) is 12.7 Å². The van der Waals surface area contributed by atoms with Gasteiger partial charge in [-0.15, -0.1) is 0 Å². The van der Waals surface area contributed by atoms with E-state index in [-0.39, 0.29) is 18.5 Å². The van der Waals surface area contributed by atoms with Gasteiger partial charge in [0.15, 0.2) is 0 Å². The molecule has 0 spiro atoms. The molecule has 1 aliphatic rings. The Morgan fingerprint density at radius 1 is 1.25 bits per heavy atom. The number of alkyl halides is 3. The van der Waals surface area contributed by atoms with Crippen molar-refractivity contribution in [1.29, 1.82) is 0 Å². The van der Waals surface area contributed by atoms with E-state index in [1.807, 2.05) is 0 Å². The first-order valence-electron chi connectivity index (χ1n) is 7.61. The number of aromatic nitrogens is 2. The average Bonchev–Trinajstić information content (AvgIpc) is 3.06. The van der Waals surface area contributed by atoms with Crippen LogP contribution in [0.25, 0.3) is 0 Å². The monoisotopic (exact) mass is 338 g/mol. The largest absolute Gasteiger partial charge is 0.489 e. The fourth-order valence-corrected chi connectivity index (χ4v) is 2.50. The number of hydrogen-bond donors (Lipinski definition) is 2. The molecular formula is C16H17F3N4O. The molecule has 24 heavy (non-hydrogen) atoms. The van der Waals surface area contributed by atoms with E-state index in [0.717, 1.165) is 25.6 Å². The molecule has 3 rings (SSSR count). The fraction of sp³-hybridized carbons (Fsp3) is 0.375. The van der Waals surface area contributed by atoms with Gasteiger partial charge in [-0.25, -0.2) is 4.98 Å². The minimum atomic E-state index is -4.45. The second kappa shape index (κ2) is 7.04. The highest BCUT2D eigenvalue weighted by Gasteiger charge is 2.34. The van der Waals surface area contributed by atoms with E-state index in [2.05, 4.69) is 20.6 Å². The lowest BCUT2D eigenvalue weighted by Crippen LogP contribution is -2.19. The summed E-state index contributed by atoms with van der Waals surface area (Å²) in [7, 11) is 0. The lowest BCUT2D eigenvalue weighted by Gasteiger charge is -2.14. The Labute approximate surface area is 137 Å². The van der Waals surface area contributed by atoms with E-state index in [9.17, 15) is 13.2 Å². The highest BCUT2D eigenvalue weighted by molar-refractivity contribution is 5.45. The summed E-state index contributed by atoms with van der Waals surface area (Å²) in [4.78, 5) is 7.92. The first-order chi connectivity index (χ1) is 11.5. The van der Waals surface area contributed by atoms with Gasteiger partial charge in [0.1, 0.15) is 17.7 Å². The normalized spacial score (nSPS) is 17.7. The van der Waals surface area contributed by atoms with Crippen molar-refractivity contribution in [2.45, 2.75) is 25.2 Å². The van der Waals surface area contributed by atoms with Crippen LogP contribution in [0.15, 0.2) is 36.7 Å². The van der Waals surface area contributed by atoms with Crippen molar-refractivity contribution >= 4 is 5.82 Å². The number of hydrogen-bond acceptors (Lipinski definition) is 5. The number of rotatable bonds is 5. The third-order valence-electron chi connectivity index (χ3n) is 3.66. The molecule has 0 aliphatic carbocycles. The first kappa shape index (κ1) is 16.5. The van der Waals surface area contributed by atoms with Crippen LogP contribution in [0.3, 0.4) is 0 Å². The maximum Gasteiger partial charge on any atom is 0.419 e. The van der Waals surface area contributed by atoms with Crippen LogP contribution < -0.4 is 15.4 Å². The maximum absolute atomic E-state index is 12.9. The van der Waals surface area contributed by atoms with Crippen molar-refractivity contribution < 1.29 is 17.9 Å². The van der Waals surface area contributed by atoms with Crippen LogP contribution in [0.4, 0.5) is 19.0 Å². The second-order valence-electron chi connectivity index (χ2n) is 5.47. The van der Waals surface area contributed by atoms with E-state index in [1.165, 1.54) is 12.3 Å². The van der Waals surface area contributed by atoms with Crippen LogP contribution in [0, 0.1) is 0 Å². The standard InChI is InChI=1S/C16H17F3N4O/c17-16(18,19)14-2-1-5-22-15(14)23-9-11-8-12(4-7-21-11)24-13-3-6-20-10-13/h1-2,4-5,7-8,13,20H,3,6,9-10H2,(H,22,23). The Morgan fingerprint density at radius 3 is 2.88 bits per heavy atom. The molecule has 2 aromatic rings. The Balaban J connectivity index is 1.67. The van der Waals surface area contributed by atoms with Crippen molar-refractivity contribution in [1.82, 2.24) is 15.3 Å². The summed E-state index contributed by atoms with van der Waals surface area (Å²) >= 11 is 0. The number of nitrogens with one attached hydrogen (secondary N) is 2. The van der Waals surface area contributed by atoms with Gasteiger partial charge >= 0.3 is 6.18 Å². The molecule has 0 saturated carbocycles. The molecular weight excluding hydrogens is 321 g/mol. The van der Waals surface area contributed by atoms with Crippen LogP contribution in [0.2, 0.25) is 0 Å². The van der Waals surface area contributed by atoms with E-state index in [1.54, 1.807) is 18.3 Å². The van der Waals surface area contributed by atoms with Crippen LogP contribution in [0.5, 0.6) is 5.75 Å². The van der Waals surface area contributed by atoms with Crippen molar-refractivity contribution in [2.24, 2.45) is 0 Å². The van der Waals surface area contributed by atoms with Gasteiger partial charge in [0.2, 0.25) is 0 Å². The SMILES string of the molecule is FC(F)(F)c1cccnc1NCc1cc(OC2CCNC2)ccn1. The van der Waals surface area contributed by atoms with Crippen molar-refractivity contribution in [2.75, 3.05) is 18.4 Å². The fourth-order valence-electron chi connectivity index (χ4n) is 2.50. The summed E-state index contributed by atoms with van der Waals surface area (Å²) in [5.74, 6) is 0.450. The average molecular weight is 338 g/mol. The topological polar surface area (TPSA) is 59.1 Å². The molecule has 2 N–H and O–H groups in total. The van der Waals surface area contributed by atoms with Crippen molar-refractivity contribution in [3.05, 3.63) is 47.9 Å². The minimum absolute atomic E-state index is 0.112. The Bertz CT molecular complexity index is 687. The van der Waals surface area contributed by atoms with Crippen molar-refractivity contribution in [3.8, 4) is 5.75 Å². The number of halogens is 3. The molecule has 5 nitrogen and oxygen atoms in total. The summed E-state index contributed by atoms with van der Waals surface area (Å²) in [6.45, 7) is 1.84. The molecule has 2 aromatic heterocycles. The molecule has 1 unspecified atom stereocenters. The lowest BCUT2D eigenvalue weighted by molar-refractivity contribution is -0.137. The number of anilines is 1. The second-order valence-corrected chi connectivity index (χ2v) is 5.47. The van der Waals surface area contributed by atoms with Gasteiger partial charge in [-0.1, -0.05) is 0 Å². The van der Waals surface area contributed by atoms with Gasteiger partial charge in [-0.3, -0.25) is 4.98 Å². The molecule has 0 radical (unpaired) electrons. The first-order valence-corrected chi connectivity index (χ1v) is 7.61. The predicted octanol–water partition coefficient (Wildman–Crippen LogP) is 2.85. The zero-order valence-corrected chi connectivity index (χ0v) is 12.8. The van der Waals surface area contributed by atoms with E-state index < -0.39 is 11.7 Å². The quantitative estimate of drug-likeness (QED) is 0.878. The number of nitrogens with zero attached hydrogens (tertiary/aromatic N) is 2. The van der Waals surface area contributed by atoms with Crippen molar-refractivity contribution in [3.63, 3.8) is 0 Å². The van der Waals surface area contributed by atoms with Gasteiger partial charge in [-0.2, -0.15) is 13.2 Å². The molecule has 8 heteroatoms. The number of ether oxygens (including phenoxy) is 1. The van der Waals surface area contributed by atoms with E-state index >= 15 is 0 Å². The lowest BCUT2D eigenvalue weighted by atomic mass is 10.2. The highest BCUT2D eigenvalue weighted by Crippen LogP contribution is 2.33. The molecule has 1 saturated heterocycles. The third kappa shape index (κ3) is 4.14. The minimum Gasteiger partial charge on any atom is -0.489 e. The molecule has 0 amide bonds. The molecule has 0 aromatic carbocycles. The van der Waals surface area contributed by atoms with Gasteiger partial charge < -0.3 is 15.4 Å². The smallest absolute Gasteiger partial charge is 0.419 e.